The summed E-state index contributed by atoms with van der Waals surface area (Å²) in [7, 11) is 1.69. The fraction of sp³-hybridized carbons (Fsp3) is 0.333. The second-order valence-electron chi connectivity index (χ2n) is 6.97. The lowest BCUT2D eigenvalue weighted by molar-refractivity contribution is 0.479. The largest absolute Gasteiger partial charge is 0.366 e. The number of tetrazole rings is 1. The Bertz CT molecular complexity index is 1160. The summed E-state index contributed by atoms with van der Waals surface area (Å²) in [4.78, 5) is 15.0. The fourth-order valence-electron chi connectivity index (χ4n) is 3.44. The van der Waals surface area contributed by atoms with Gasteiger partial charge in [-0.1, -0.05) is 0 Å². The van der Waals surface area contributed by atoms with Gasteiger partial charge in [-0.3, -0.25) is 4.40 Å². The number of hydrogen-bond acceptors (Lipinski definition) is 8. The summed E-state index contributed by atoms with van der Waals surface area (Å²) in [6, 6.07) is 5.04. The third-order valence-electron chi connectivity index (χ3n) is 4.81. The van der Waals surface area contributed by atoms with Crippen LogP contribution in [-0.2, 0) is 7.05 Å². The first-order valence-electron chi connectivity index (χ1n) is 9.39. The summed E-state index contributed by atoms with van der Waals surface area (Å²) < 4.78 is 15.4. The van der Waals surface area contributed by atoms with E-state index < -0.39 is 0 Å². The lowest BCUT2D eigenvalue weighted by Gasteiger charge is -2.24. The van der Waals surface area contributed by atoms with E-state index in [0.29, 0.717) is 34.5 Å². The molecule has 1 atom stereocenters. The minimum Gasteiger partial charge on any atom is -0.366 e. The second kappa shape index (κ2) is 7.17. The van der Waals surface area contributed by atoms with E-state index in [4.69, 9.17) is 0 Å². The van der Waals surface area contributed by atoms with Crippen molar-refractivity contribution in [3.63, 3.8) is 0 Å². The van der Waals surface area contributed by atoms with Crippen LogP contribution in [0, 0.1) is 5.82 Å². The molecule has 4 aromatic rings. The van der Waals surface area contributed by atoms with E-state index in [1.165, 1.54) is 17.1 Å². The maximum atomic E-state index is 13.8. The highest BCUT2D eigenvalue weighted by Gasteiger charge is 2.18. The van der Waals surface area contributed by atoms with Crippen LogP contribution in [0.25, 0.3) is 28.7 Å². The van der Waals surface area contributed by atoms with E-state index in [0.717, 1.165) is 25.9 Å². The number of imidazole rings is 1. The van der Waals surface area contributed by atoms with Crippen molar-refractivity contribution in [2.75, 3.05) is 18.4 Å². The van der Waals surface area contributed by atoms with Crippen molar-refractivity contribution in [2.24, 2.45) is 7.05 Å². The van der Waals surface area contributed by atoms with Crippen LogP contribution in [0.15, 0.2) is 30.6 Å². The van der Waals surface area contributed by atoms with Gasteiger partial charge < -0.3 is 10.6 Å². The average Bonchev–Trinajstić information content (AvgIpc) is 3.34. The van der Waals surface area contributed by atoms with Gasteiger partial charge in [0.05, 0.1) is 13.2 Å². The molecule has 4 aromatic heterocycles. The molecule has 1 aliphatic rings. The topological polar surface area (TPSA) is 111 Å². The molecule has 1 aliphatic heterocycles. The first kappa shape index (κ1) is 17.6. The molecule has 2 N–H and O–H groups in total. The highest BCUT2D eigenvalue weighted by Crippen LogP contribution is 2.24. The van der Waals surface area contributed by atoms with Crippen LogP contribution in [-0.4, -0.2) is 58.7 Å². The summed E-state index contributed by atoms with van der Waals surface area (Å²) in [5, 5.41) is 19.0. The van der Waals surface area contributed by atoms with Gasteiger partial charge in [0.2, 0.25) is 5.82 Å². The summed E-state index contributed by atoms with van der Waals surface area (Å²) in [5.41, 5.74) is 1.72. The molecule has 0 amide bonds. The number of fused-ring (bicyclic) bond motifs is 1. The number of piperidine rings is 1. The number of hydrogen-bond donors (Lipinski definition) is 2. The van der Waals surface area contributed by atoms with Crippen molar-refractivity contribution in [1.29, 1.82) is 0 Å². The summed E-state index contributed by atoms with van der Waals surface area (Å²) in [6.45, 7) is 1.88. The Labute approximate surface area is 165 Å². The van der Waals surface area contributed by atoms with Crippen molar-refractivity contribution < 1.29 is 4.39 Å². The summed E-state index contributed by atoms with van der Waals surface area (Å²) >= 11 is 0. The number of aromatic nitrogens is 8. The molecule has 1 saturated heterocycles. The van der Waals surface area contributed by atoms with Crippen LogP contribution in [0.3, 0.4) is 0 Å². The molecule has 11 heteroatoms. The van der Waals surface area contributed by atoms with E-state index in [2.05, 4.69) is 41.0 Å². The molecule has 0 bridgehead atoms. The zero-order chi connectivity index (χ0) is 19.8. The SMILES string of the molecule is Cn1nnc(-c2cc(NC3CCCNC3)nc(-c3cnc4ccc(F)cn34)n2)n1. The van der Waals surface area contributed by atoms with Gasteiger partial charge in [-0.2, -0.15) is 4.80 Å². The molecular formula is C18H19FN10. The van der Waals surface area contributed by atoms with Gasteiger partial charge in [0, 0.05) is 24.8 Å². The Morgan fingerprint density at radius 1 is 1.24 bits per heavy atom. The van der Waals surface area contributed by atoms with Crippen LogP contribution in [0.5, 0.6) is 0 Å². The van der Waals surface area contributed by atoms with Gasteiger partial charge in [-0.15, -0.1) is 10.2 Å². The molecule has 0 saturated carbocycles. The van der Waals surface area contributed by atoms with Gasteiger partial charge in [0.1, 0.15) is 28.7 Å². The zero-order valence-electron chi connectivity index (χ0n) is 15.7. The normalized spacial score (nSPS) is 17.0. The van der Waals surface area contributed by atoms with Crippen molar-refractivity contribution in [3.05, 3.63) is 36.4 Å². The standard InChI is InChI=1S/C18H19FN10/c1-28-26-17(25-27-28)13-7-15(22-12-3-2-6-20-8-12)24-18(23-13)14-9-21-16-5-4-11(19)10-29(14)16/h4-5,7,9-10,12,20H,2-3,6,8H2,1H3,(H,22,23,24). The number of anilines is 1. The molecule has 10 nitrogen and oxygen atoms in total. The van der Waals surface area contributed by atoms with Crippen LogP contribution < -0.4 is 10.6 Å². The van der Waals surface area contributed by atoms with Gasteiger partial charge in [-0.05, 0) is 36.7 Å². The predicted octanol–water partition coefficient (Wildman–Crippen LogP) is 1.28. The summed E-state index contributed by atoms with van der Waals surface area (Å²) in [6.07, 6.45) is 5.14. The number of nitrogens with one attached hydrogen (secondary N) is 2. The predicted molar refractivity (Wildman–Crippen MR) is 103 cm³/mol. The summed E-state index contributed by atoms with van der Waals surface area (Å²) in [5.74, 6) is 1.08. The average molecular weight is 394 g/mol. The number of pyridine rings is 1. The molecule has 29 heavy (non-hydrogen) atoms. The molecule has 1 fully saturated rings. The number of nitrogens with zero attached hydrogens (tertiary/aromatic N) is 8. The maximum Gasteiger partial charge on any atom is 0.223 e. The first-order valence-corrected chi connectivity index (χ1v) is 9.39. The van der Waals surface area contributed by atoms with Crippen LogP contribution in [0.2, 0.25) is 0 Å². The minimum atomic E-state index is -0.366. The Balaban J connectivity index is 1.61. The molecule has 0 aromatic carbocycles. The highest BCUT2D eigenvalue weighted by atomic mass is 19.1. The van der Waals surface area contributed by atoms with Gasteiger partial charge in [-0.25, -0.2) is 19.3 Å². The van der Waals surface area contributed by atoms with Crippen LogP contribution in [0.4, 0.5) is 10.2 Å². The zero-order valence-corrected chi connectivity index (χ0v) is 15.7. The molecular weight excluding hydrogens is 375 g/mol. The van der Waals surface area contributed by atoms with Gasteiger partial charge >= 0.3 is 0 Å². The minimum absolute atomic E-state index is 0.258. The van der Waals surface area contributed by atoms with E-state index in [-0.39, 0.29) is 11.9 Å². The molecule has 0 radical (unpaired) electrons. The quantitative estimate of drug-likeness (QED) is 0.533. The van der Waals surface area contributed by atoms with E-state index in [9.17, 15) is 4.39 Å². The molecule has 0 aliphatic carbocycles. The second-order valence-corrected chi connectivity index (χ2v) is 6.97. The molecule has 5 rings (SSSR count). The van der Waals surface area contributed by atoms with Crippen molar-refractivity contribution >= 4 is 11.5 Å². The third-order valence-corrected chi connectivity index (χ3v) is 4.81. The third kappa shape index (κ3) is 3.51. The lowest BCUT2D eigenvalue weighted by atomic mass is 10.1. The maximum absolute atomic E-state index is 13.8. The lowest BCUT2D eigenvalue weighted by Crippen LogP contribution is -2.38. The van der Waals surface area contributed by atoms with Crippen molar-refractivity contribution in [1.82, 2.24) is 44.9 Å². The monoisotopic (exact) mass is 394 g/mol. The van der Waals surface area contributed by atoms with Gasteiger partial charge in [0.15, 0.2) is 5.82 Å². The van der Waals surface area contributed by atoms with Crippen molar-refractivity contribution in [2.45, 2.75) is 18.9 Å². The van der Waals surface area contributed by atoms with Gasteiger partial charge in [0.25, 0.3) is 0 Å². The number of rotatable bonds is 4. The van der Waals surface area contributed by atoms with Crippen LogP contribution in [0.1, 0.15) is 12.8 Å². The Morgan fingerprint density at radius 3 is 2.97 bits per heavy atom. The van der Waals surface area contributed by atoms with E-state index in [1.807, 2.05) is 0 Å². The number of halogens is 1. The molecule has 1 unspecified atom stereocenters. The Morgan fingerprint density at radius 2 is 2.17 bits per heavy atom. The van der Waals surface area contributed by atoms with Crippen LogP contribution >= 0.6 is 0 Å². The Kier molecular flexibility index (Phi) is 4.35. The Hall–Kier alpha value is -3.47. The first-order chi connectivity index (χ1) is 14.2. The molecule has 148 valence electrons. The van der Waals surface area contributed by atoms with E-state index >= 15 is 0 Å². The van der Waals surface area contributed by atoms with Crippen molar-refractivity contribution in [3.8, 4) is 23.0 Å². The molecule has 5 heterocycles. The number of aryl methyl sites for hydroxylation is 1. The fourth-order valence-corrected chi connectivity index (χ4v) is 3.44. The highest BCUT2D eigenvalue weighted by molar-refractivity contribution is 5.64. The molecule has 0 spiro atoms. The van der Waals surface area contributed by atoms with E-state index in [1.54, 1.807) is 29.8 Å². The smallest absolute Gasteiger partial charge is 0.223 e.